The predicted molar refractivity (Wildman–Crippen MR) is 40.5 cm³/mol. The van der Waals surface area contributed by atoms with Crippen LogP contribution in [0.4, 0.5) is 0 Å². The molecule has 0 unspecified atom stereocenters. The molecule has 1 fully saturated rings. The Kier molecular flexibility index (Phi) is 6.50. The zero-order valence-electron chi connectivity index (χ0n) is 5.05. The molecular weight excluding hydrogens is 179 g/mol. The Bertz CT molecular complexity index is 111. The smallest absolute Gasteiger partial charge is 0.239 e. The Balaban J connectivity index is 0. The van der Waals surface area contributed by atoms with Gasteiger partial charge in [-0.25, -0.2) is 0 Å². The van der Waals surface area contributed by atoms with E-state index in [1.165, 1.54) is 0 Å². The highest BCUT2D eigenvalue weighted by molar-refractivity contribution is 5.92. The van der Waals surface area contributed by atoms with Gasteiger partial charge in [-0.15, -0.1) is 24.8 Å². The molecule has 0 spiro atoms. The highest BCUT2D eigenvalue weighted by atomic mass is 35.5. The third-order valence-corrected chi connectivity index (χ3v) is 0.892. The van der Waals surface area contributed by atoms with Gasteiger partial charge in [0.05, 0.1) is 13.1 Å². The van der Waals surface area contributed by atoms with Gasteiger partial charge in [0.2, 0.25) is 11.8 Å². The molecule has 1 aliphatic heterocycles. The molecule has 1 rings (SSSR count). The van der Waals surface area contributed by atoms with Crippen LogP contribution < -0.4 is 10.6 Å². The van der Waals surface area contributed by atoms with Crippen molar-refractivity contribution >= 4 is 36.6 Å². The largest absolute Gasteiger partial charge is 0.346 e. The third kappa shape index (κ3) is 3.53. The second-order valence-corrected chi connectivity index (χ2v) is 1.55. The van der Waals surface area contributed by atoms with E-state index < -0.39 is 0 Å². The summed E-state index contributed by atoms with van der Waals surface area (Å²) in [5, 5.41) is 4.76. The van der Waals surface area contributed by atoms with Gasteiger partial charge in [-0.2, -0.15) is 0 Å². The summed E-state index contributed by atoms with van der Waals surface area (Å²) < 4.78 is 0. The molecule has 1 heterocycles. The van der Waals surface area contributed by atoms with Crippen molar-refractivity contribution in [1.29, 1.82) is 0 Å². The first-order chi connectivity index (χ1) is 3.79. The lowest BCUT2D eigenvalue weighted by Gasteiger charge is -2.10. The van der Waals surface area contributed by atoms with Crippen molar-refractivity contribution in [3.8, 4) is 0 Å². The molecule has 0 aromatic carbocycles. The van der Waals surface area contributed by atoms with Crippen molar-refractivity contribution < 1.29 is 9.59 Å². The van der Waals surface area contributed by atoms with E-state index in [-0.39, 0.29) is 49.7 Å². The molecule has 10 heavy (non-hydrogen) atoms. The van der Waals surface area contributed by atoms with Crippen LogP contribution in [0.3, 0.4) is 0 Å². The summed E-state index contributed by atoms with van der Waals surface area (Å²) in [5.41, 5.74) is 0. The van der Waals surface area contributed by atoms with Gasteiger partial charge in [0.25, 0.3) is 0 Å². The Morgan fingerprint density at radius 3 is 1.40 bits per heavy atom. The number of halogens is 2. The fraction of sp³-hybridized carbons (Fsp3) is 0.500. The molecular formula is C4H8Cl2N2O2. The lowest BCUT2D eigenvalue weighted by atomic mass is 10.4. The van der Waals surface area contributed by atoms with Crippen LogP contribution in [0, 0.1) is 0 Å². The van der Waals surface area contributed by atoms with E-state index in [2.05, 4.69) is 10.6 Å². The van der Waals surface area contributed by atoms with Crippen molar-refractivity contribution in [2.75, 3.05) is 13.1 Å². The Morgan fingerprint density at radius 2 is 1.20 bits per heavy atom. The molecule has 0 atom stereocenters. The van der Waals surface area contributed by atoms with Gasteiger partial charge >= 0.3 is 0 Å². The summed E-state index contributed by atoms with van der Waals surface area (Å²) >= 11 is 0. The van der Waals surface area contributed by atoms with E-state index in [1.807, 2.05) is 0 Å². The van der Waals surface area contributed by atoms with Crippen LogP contribution in [-0.2, 0) is 9.59 Å². The zero-order valence-corrected chi connectivity index (χ0v) is 6.68. The summed E-state index contributed by atoms with van der Waals surface area (Å²) in [6, 6.07) is 0. The molecule has 0 aliphatic carbocycles. The molecule has 1 aliphatic rings. The molecule has 0 saturated carbocycles. The second-order valence-electron chi connectivity index (χ2n) is 1.55. The summed E-state index contributed by atoms with van der Waals surface area (Å²) in [4.78, 5) is 20.6. The Labute approximate surface area is 70.6 Å². The average molecular weight is 187 g/mol. The molecule has 0 radical (unpaired) electrons. The minimum absolute atomic E-state index is 0. The van der Waals surface area contributed by atoms with Gasteiger partial charge in [-0.1, -0.05) is 0 Å². The first-order valence-corrected chi connectivity index (χ1v) is 2.32. The van der Waals surface area contributed by atoms with Gasteiger partial charge in [0.1, 0.15) is 0 Å². The van der Waals surface area contributed by atoms with Gasteiger partial charge < -0.3 is 10.6 Å². The first kappa shape index (κ1) is 12.2. The highest BCUT2D eigenvalue weighted by Crippen LogP contribution is 1.72. The van der Waals surface area contributed by atoms with Crippen LogP contribution >= 0.6 is 24.8 Å². The quantitative estimate of drug-likeness (QED) is 0.515. The average Bonchev–Trinajstić information content (AvgIpc) is 1.77. The monoisotopic (exact) mass is 186 g/mol. The van der Waals surface area contributed by atoms with Gasteiger partial charge in [-0.05, 0) is 0 Å². The first-order valence-electron chi connectivity index (χ1n) is 2.32. The van der Waals surface area contributed by atoms with E-state index in [9.17, 15) is 9.59 Å². The number of hydrogen-bond donors (Lipinski definition) is 2. The minimum atomic E-state index is -0.121. The van der Waals surface area contributed by atoms with Crippen molar-refractivity contribution in [2.45, 2.75) is 0 Å². The van der Waals surface area contributed by atoms with Crippen LogP contribution in [0.1, 0.15) is 0 Å². The number of piperazine rings is 1. The van der Waals surface area contributed by atoms with E-state index in [0.717, 1.165) is 0 Å². The summed E-state index contributed by atoms with van der Waals surface area (Å²) in [7, 11) is 0. The van der Waals surface area contributed by atoms with E-state index in [0.29, 0.717) is 0 Å². The standard InChI is InChI=1S/C4H6N2O2.2ClH/c7-3-1-5-4(8)2-6-3;;/h1-2H2,(H,5,8)(H,6,7);2*1H. The van der Waals surface area contributed by atoms with Crippen LogP contribution in [-0.4, -0.2) is 24.9 Å². The fourth-order valence-electron chi connectivity index (χ4n) is 0.483. The number of carbonyl (C=O) groups is 2. The van der Waals surface area contributed by atoms with E-state index >= 15 is 0 Å². The van der Waals surface area contributed by atoms with E-state index in [4.69, 9.17) is 0 Å². The topological polar surface area (TPSA) is 58.2 Å². The predicted octanol–water partition coefficient (Wildman–Crippen LogP) is -0.924. The van der Waals surface area contributed by atoms with Crippen molar-refractivity contribution in [1.82, 2.24) is 10.6 Å². The number of carbonyl (C=O) groups excluding carboxylic acids is 2. The molecule has 0 bridgehead atoms. The maximum atomic E-state index is 10.3. The van der Waals surface area contributed by atoms with Crippen molar-refractivity contribution in [3.63, 3.8) is 0 Å². The molecule has 0 aromatic rings. The lowest BCUT2D eigenvalue weighted by Crippen LogP contribution is -2.48. The Hall–Kier alpha value is -0.480. The highest BCUT2D eigenvalue weighted by Gasteiger charge is 2.11. The van der Waals surface area contributed by atoms with E-state index in [1.54, 1.807) is 0 Å². The molecule has 4 nitrogen and oxygen atoms in total. The fourth-order valence-corrected chi connectivity index (χ4v) is 0.483. The number of nitrogens with one attached hydrogen (secondary N) is 2. The second kappa shape index (κ2) is 5.32. The minimum Gasteiger partial charge on any atom is -0.346 e. The Morgan fingerprint density at radius 1 is 0.900 bits per heavy atom. The van der Waals surface area contributed by atoms with Gasteiger partial charge in [0.15, 0.2) is 0 Å². The number of hydrogen-bond acceptors (Lipinski definition) is 2. The molecule has 6 heteroatoms. The van der Waals surface area contributed by atoms with Crippen molar-refractivity contribution in [2.24, 2.45) is 0 Å². The zero-order chi connectivity index (χ0) is 5.98. The summed E-state index contributed by atoms with van der Waals surface area (Å²) in [5.74, 6) is -0.241. The SMILES string of the molecule is Cl.Cl.O=C1CNC(=O)CN1. The van der Waals surface area contributed by atoms with Crippen LogP contribution in [0.2, 0.25) is 0 Å². The number of rotatable bonds is 0. The lowest BCUT2D eigenvalue weighted by molar-refractivity contribution is -0.130. The van der Waals surface area contributed by atoms with Gasteiger partial charge in [0, 0.05) is 0 Å². The summed E-state index contributed by atoms with van der Waals surface area (Å²) in [6.45, 7) is 0.248. The maximum Gasteiger partial charge on any atom is 0.239 e. The molecule has 60 valence electrons. The maximum absolute atomic E-state index is 10.3. The van der Waals surface area contributed by atoms with Crippen molar-refractivity contribution in [3.05, 3.63) is 0 Å². The molecule has 1 saturated heterocycles. The van der Waals surface area contributed by atoms with Crippen LogP contribution in [0.25, 0.3) is 0 Å². The summed E-state index contributed by atoms with van der Waals surface area (Å²) in [6.07, 6.45) is 0. The molecule has 2 N–H and O–H groups in total. The molecule has 2 amide bonds. The third-order valence-electron chi connectivity index (χ3n) is 0.892. The normalized spacial score (nSPS) is 15.6. The van der Waals surface area contributed by atoms with Gasteiger partial charge in [-0.3, -0.25) is 9.59 Å². The van der Waals surface area contributed by atoms with Crippen LogP contribution in [0.5, 0.6) is 0 Å². The van der Waals surface area contributed by atoms with Crippen LogP contribution in [0.15, 0.2) is 0 Å². The number of amides is 2. The molecule has 0 aromatic heterocycles.